The van der Waals surface area contributed by atoms with Gasteiger partial charge in [0.15, 0.2) is 0 Å². The minimum absolute atomic E-state index is 0.0227. The molecule has 0 amide bonds. The molecular formula is C25H24N4O3. The average Bonchev–Trinajstić information content (AvgIpc) is 3.41. The lowest BCUT2D eigenvalue weighted by Gasteiger charge is -2.23. The SMILES string of the molecule is C[C@@H](Nc1ccccc1C(=O)O)c1cc(C#N)cc2c(=O)n3c(nc12)C1(CCCC1)CC3. The Hall–Kier alpha value is -3.66. The largest absolute Gasteiger partial charge is 0.478 e. The first kappa shape index (κ1) is 20.3. The van der Waals surface area contributed by atoms with E-state index >= 15 is 0 Å². The van der Waals surface area contributed by atoms with Gasteiger partial charge < -0.3 is 10.4 Å². The second-order valence-electron chi connectivity index (χ2n) is 8.92. The van der Waals surface area contributed by atoms with E-state index in [9.17, 15) is 20.0 Å². The first-order valence-corrected chi connectivity index (χ1v) is 11.0. The van der Waals surface area contributed by atoms with Crippen molar-refractivity contribution >= 4 is 22.6 Å². The lowest BCUT2D eigenvalue weighted by Crippen LogP contribution is -2.27. The molecule has 1 aliphatic carbocycles. The first-order valence-electron chi connectivity index (χ1n) is 11.0. The van der Waals surface area contributed by atoms with Crippen LogP contribution in [0.4, 0.5) is 5.69 Å². The van der Waals surface area contributed by atoms with Crippen molar-refractivity contribution in [2.45, 2.75) is 57.0 Å². The Morgan fingerprint density at radius 1 is 1.25 bits per heavy atom. The summed E-state index contributed by atoms with van der Waals surface area (Å²) in [6, 6.07) is 11.9. The topological polar surface area (TPSA) is 108 Å². The highest BCUT2D eigenvalue weighted by Gasteiger charge is 2.43. The maximum atomic E-state index is 13.4. The van der Waals surface area contributed by atoms with Crippen LogP contribution in [0.1, 0.15) is 72.4 Å². The molecule has 162 valence electrons. The number of carboxylic acid groups (broad SMARTS) is 1. The third kappa shape index (κ3) is 3.06. The number of carbonyl (C=O) groups is 1. The zero-order valence-electron chi connectivity index (χ0n) is 17.9. The molecule has 0 radical (unpaired) electrons. The second kappa shape index (κ2) is 7.49. The molecule has 2 heterocycles. The molecule has 1 spiro atoms. The predicted molar refractivity (Wildman–Crippen MR) is 121 cm³/mol. The second-order valence-corrected chi connectivity index (χ2v) is 8.92. The van der Waals surface area contributed by atoms with Crippen LogP contribution >= 0.6 is 0 Å². The summed E-state index contributed by atoms with van der Waals surface area (Å²) >= 11 is 0. The molecular weight excluding hydrogens is 404 g/mol. The fourth-order valence-corrected chi connectivity index (χ4v) is 5.43. The van der Waals surface area contributed by atoms with Gasteiger partial charge in [-0.25, -0.2) is 9.78 Å². The predicted octanol–water partition coefficient (Wildman–Crippen LogP) is 4.35. The highest BCUT2D eigenvalue weighted by atomic mass is 16.4. The van der Waals surface area contributed by atoms with Crippen LogP contribution in [0.3, 0.4) is 0 Å². The van der Waals surface area contributed by atoms with Crippen molar-refractivity contribution in [3.8, 4) is 6.07 Å². The van der Waals surface area contributed by atoms with Crippen LogP contribution in [0.15, 0.2) is 41.2 Å². The molecule has 1 aliphatic heterocycles. The summed E-state index contributed by atoms with van der Waals surface area (Å²) < 4.78 is 1.80. The Kier molecular flexibility index (Phi) is 4.74. The Morgan fingerprint density at radius 2 is 2.00 bits per heavy atom. The van der Waals surface area contributed by atoms with E-state index in [1.165, 1.54) is 0 Å². The van der Waals surface area contributed by atoms with Crippen LogP contribution in [-0.4, -0.2) is 20.6 Å². The summed E-state index contributed by atoms with van der Waals surface area (Å²) in [5, 5.41) is 22.8. The summed E-state index contributed by atoms with van der Waals surface area (Å²) in [5.41, 5.74) is 2.24. The smallest absolute Gasteiger partial charge is 0.337 e. The zero-order chi connectivity index (χ0) is 22.5. The number of benzene rings is 2. The molecule has 2 aromatic carbocycles. The van der Waals surface area contributed by atoms with Crippen molar-refractivity contribution < 1.29 is 9.90 Å². The molecule has 0 saturated heterocycles. The number of nitrogens with zero attached hydrogens (tertiary/aromatic N) is 3. The Bertz CT molecular complexity index is 1350. The quantitative estimate of drug-likeness (QED) is 0.639. The standard InChI is InChI=1S/C25H24N4O3/c1-15(27-20-7-3-2-6-17(20)23(31)32)18-12-16(14-26)13-19-21(18)28-24-25(8-4-5-9-25)10-11-29(24)22(19)30/h2-3,6-7,12-13,15,27H,4-5,8-11H2,1H3,(H,31,32)/t15-/m1/s1. The Morgan fingerprint density at radius 3 is 2.72 bits per heavy atom. The van der Waals surface area contributed by atoms with E-state index in [2.05, 4.69) is 11.4 Å². The van der Waals surface area contributed by atoms with Crippen LogP contribution in [0, 0.1) is 11.3 Å². The molecule has 1 saturated carbocycles. The Balaban J connectivity index is 1.68. The maximum Gasteiger partial charge on any atom is 0.337 e. The van der Waals surface area contributed by atoms with Crippen LogP contribution in [-0.2, 0) is 12.0 Å². The first-order chi connectivity index (χ1) is 15.4. The number of fused-ring (bicyclic) bond motifs is 3. The monoisotopic (exact) mass is 428 g/mol. The van der Waals surface area contributed by atoms with Crippen LogP contribution in [0.25, 0.3) is 10.9 Å². The summed E-state index contributed by atoms with van der Waals surface area (Å²) in [6.07, 6.45) is 5.34. The van der Waals surface area contributed by atoms with Gasteiger partial charge in [-0.3, -0.25) is 9.36 Å². The van der Waals surface area contributed by atoms with Gasteiger partial charge in [0, 0.05) is 23.2 Å². The lowest BCUT2D eigenvalue weighted by molar-refractivity contribution is 0.0698. The number of carboxylic acids is 1. The van der Waals surface area contributed by atoms with E-state index in [0.29, 0.717) is 28.7 Å². The highest BCUT2D eigenvalue weighted by molar-refractivity contribution is 5.94. The lowest BCUT2D eigenvalue weighted by atomic mass is 9.84. The minimum atomic E-state index is -1.02. The zero-order valence-corrected chi connectivity index (χ0v) is 17.9. The van der Waals surface area contributed by atoms with Gasteiger partial charge in [0.05, 0.1) is 34.1 Å². The van der Waals surface area contributed by atoms with Gasteiger partial charge in [0.2, 0.25) is 0 Å². The molecule has 1 fully saturated rings. The number of rotatable bonds is 4. The number of aromatic carboxylic acids is 1. The van der Waals surface area contributed by atoms with Crippen LogP contribution in [0.2, 0.25) is 0 Å². The fourth-order valence-electron chi connectivity index (χ4n) is 5.43. The molecule has 2 aliphatic rings. The summed E-state index contributed by atoms with van der Waals surface area (Å²) in [5.74, 6) is -0.148. The average molecular weight is 428 g/mol. The van der Waals surface area contributed by atoms with E-state index in [1.54, 1.807) is 41.0 Å². The van der Waals surface area contributed by atoms with Crippen molar-refractivity contribution in [1.29, 1.82) is 5.26 Å². The number of nitrogens with one attached hydrogen (secondary N) is 1. The van der Waals surface area contributed by atoms with E-state index in [-0.39, 0.29) is 22.6 Å². The summed E-state index contributed by atoms with van der Waals surface area (Å²) in [7, 11) is 0. The number of aromatic nitrogens is 2. The summed E-state index contributed by atoms with van der Waals surface area (Å²) in [4.78, 5) is 30.1. The van der Waals surface area contributed by atoms with Crippen molar-refractivity contribution in [3.05, 3.63) is 69.3 Å². The third-order valence-electron chi connectivity index (χ3n) is 7.06. The number of hydrogen-bond donors (Lipinski definition) is 2. The van der Waals surface area contributed by atoms with Crippen molar-refractivity contribution in [3.63, 3.8) is 0 Å². The normalized spacial score (nSPS) is 17.2. The molecule has 32 heavy (non-hydrogen) atoms. The molecule has 0 unspecified atom stereocenters. The summed E-state index contributed by atoms with van der Waals surface area (Å²) in [6.45, 7) is 2.56. The number of anilines is 1. The van der Waals surface area contributed by atoms with Gasteiger partial charge in [-0.15, -0.1) is 0 Å². The van der Waals surface area contributed by atoms with Gasteiger partial charge >= 0.3 is 5.97 Å². The number of para-hydroxylation sites is 1. The number of hydrogen-bond acceptors (Lipinski definition) is 5. The van der Waals surface area contributed by atoms with E-state index in [0.717, 1.165) is 43.5 Å². The molecule has 7 nitrogen and oxygen atoms in total. The Labute approximate surface area is 185 Å². The van der Waals surface area contributed by atoms with Gasteiger partial charge in [-0.2, -0.15) is 5.26 Å². The van der Waals surface area contributed by atoms with Gasteiger partial charge in [-0.1, -0.05) is 25.0 Å². The molecule has 1 aromatic heterocycles. The molecule has 0 bridgehead atoms. The number of nitriles is 1. The fraction of sp³-hybridized carbons (Fsp3) is 0.360. The molecule has 2 N–H and O–H groups in total. The maximum absolute atomic E-state index is 13.4. The highest BCUT2D eigenvalue weighted by Crippen LogP contribution is 2.46. The molecule has 1 atom stereocenters. The van der Waals surface area contributed by atoms with E-state index in [4.69, 9.17) is 4.98 Å². The van der Waals surface area contributed by atoms with Crippen molar-refractivity contribution in [2.24, 2.45) is 0 Å². The van der Waals surface area contributed by atoms with Crippen LogP contribution < -0.4 is 10.9 Å². The van der Waals surface area contributed by atoms with Crippen molar-refractivity contribution in [2.75, 3.05) is 5.32 Å². The van der Waals surface area contributed by atoms with Crippen LogP contribution in [0.5, 0.6) is 0 Å². The molecule has 7 heteroatoms. The minimum Gasteiger partial charge on any atom is -0.478 e. The van der Waals surface area contributed by atoms with Gasteiger partial charge in [0.25, 0.3) is 5.56 Å². The third-order valence-corrected chi connectivity index (χ3v) is 7.06. The van der Waals surface area contributed by atoms with Gasteiger partial charge in [0.1, 0.15) is 5.82 Å². The molecule has 5 rings (SSSR count). The van der Waals surface area contributed by atoms with E-state index < -0.39 is 5.97 Å². The van der Waals surface area contributed by atoms with Crippen molar-refractivity contribution in [1.82, 2.24) is 9.55 Å². The van der Waals surface area contributed by atoms with E-state index in [1.807, 2.05) is 6.92 Å². The molecule has 3 aromatic rings. The van der Waals surface area contributed by atoms with Gasteiger partial charge in [-0.05, 0) is 50.5 Å².